The zero-order valence-corrected chi connectivity index (χ0v) is 16.9. The lowest BCUT2D eigenvalue weighted by atomic mass is 10.2. The van der Waals surface area contributed by atoms with E-state index < -0.39 is 0 Å². The molecule has 0 radical (unpaired) electrons. The van der Waals surface area contributed by atoms with Crippen molar-refractivity contribution in [2.24, 2.45) is 4.99 Å². The van der Waals surface area contributed by atoms with Crippen LogP contribution in [0.2, 0.25) is 0 Å². The van der Waals surface area contributed by atoms with Crippen molar-refractivity contribution in [2.45, 2.75) is 0 Å². The summed E-state index contributed by atoms with van der Waals surface area (Å²) in [4.78, 5) is 14.2. The predicted octanol–water partition coefficient (Wildman–Crippen LogP) is 5.62. The van der Waals surface area contributed by atoms with Crippen LogP contribution in [0, 0.1) is 0 Å². The van der Waals surface area contributed by atoms with Crippen molar-refractivity contribution in [1.29, 1.82) is 0 Å². The molecule has 0 saturated carbocycles. The van der Waals surface area contributed by atoms with Gasteiger partial charge in [0.1, 0.15) is 23.5 Å². The molecule has 0 bridgehead atoms. The smallest absolute Gasteiger partial charge is 0.150 e. The lowest BCUT2D eigenvalue weighted by Gasteiger charge is -1.96. The highest BCUT2D eigenvalue weighted by molar-refractivity contribution is 5.82. The van der Waals surface area contributed by atoms with Gasteiger partial charge in [0.2, 0.25) is 0 Å². The molecular formula is C26H24N2O3. The Bertz CT molecular complexity index is 1060. The number of carbonyl (C=O) groups is 1. The number of benzene rings is 4. The number of nitrogens with zero attached hydrogens (tertiary/aromatic N) is 1. The average Bonchev–Trinajstić information content (AvgIpc) is 2.82. The van der Waals surface area contributed by atoms with Gasteiger partial charge < -0.3 is 15.9 Å². The zero-order valence-electron chi connectivity index (χ0n) is 16.9. The van der Waals surface area contributed by atoms with Crippen molar-refractivity contribution in [3.63, 3.8) is 0 Å². The minimum Gasteiger partial charge on any atom is -0.506 e. The first-order chi connectivity index (χ1) is 15.1. The van der Waals surface area contributed by atoms with E-state index in [0.29, 0.717) is 11.4 Å². The van der Waals surface area contributed by atoms with Gasteiger partial charge in [-0.05, 0) is 29.8 Å². The van der Waals surface area contributed by atoms with Crippen molar-refractivity contribution in [1.82, 2.24) is 0 Å². The SMILES string of the molecule is Nc1ccccc1O.O=Cc1ccccc1.Oc1ccccc1N=Cc1ccccc1. The Balaban J connectivity index is 0.000000181. The van der Waals surface area contributed by atoms with Crippen molar-refractivity contribution in [3.8, 4) is 11.5 Å². The van der Waals surface area contributed by atoms with E-state index in [-0.39, 0.29) is 11.5 Å². The second-order valence-corrected chi connectivity index (χ2v) is 6.24. The van der Waals surface area contributed by atoms with Crippen molar-refractivity contribution in [2.75, 3.05) is 5.73 Å². The Morgan fingerprint density at radius 2 is 1.10 bits per heavy atom. The number of nitrogen functional groups attached to an aromatic ring is 1. The number of para-hydroxylation sites is 4. The standard InChI is InChI=1S/C13H11NO.C7H6O.C6H7NO/c15-13-9-5-4-8-12(13)14-10-11-6-2-1-3-7-11;8-6-7-4-2-1-3-5-7;7-5-3-1-2-4-6(5)8/h1-10,15H;1-6H;1-4,8H,7H2. The average molecular weight is 412 g/mol. The van der Waals surface area contributed by atoms with Gasteiger partial charge in [-0.1, -0.05) is 84.9 Å². The molecule has 0 aliphatic carbocycles. The Labute approximate surface area is 181 Å². The highest BCUT2D eigenvalue weighted by Crippen LogP contribution is 2.24. The molecule has 4 aromatic carbocycles. The summed E-state index contributed by atoms with van der Waals surface area (Å²) >= 11 is 0. The fourth-order valence-electron chi connectivity index (χ4n) is 2.28. The van der Waals surface area contributed by atoms with Gasteiger partial charge >= 0.3 is 0 Å². The third kappa shape index (κ3) is 8.66. The van der Waals surface area contributed by atoms with Gasteiger partial charge in [0, 0.05) is 11.8 Å². The number of rotatable bonds is 3. The number of anilines is 1. The molecule has 0 saturated heterocycles. The number of phenols is 2. The summed E-state index contributed by atoms with van der Waals surface area (Å²) in [6.45, 7) is 0. The number of phenolic OH excluding ortho intramolecular Hbond substituents is 2. The van der Waals surface area contributed by atoms with Crippen LogP contribution < -0.4 is 5.73 Å². The first kappa shape index (κ1) is 22.9. The molecule has 4 rings (SSSR count). The minimum atomic E-state index is 0.146. The number of aromatic hydroxyl groups is 2. The summed E-state index contributed by atoms with van der Waals surface area (Å²) in [6, 6.07) is 32.6. The van der Waals surface area contributed by atoms with Gasteiger partial charge in [-0.2, -0.15) is 0 Å². The predicted molar refractivity (Wildman–Crippen MR) is 126 cm³/mol. The molecule has 0 heterocycles. The van der Waals surface area contributed by atoms with Crippen LogP contribution in [0.1, 0.15) is 15.9 Å². The molecule has 0 fully saturated rings. The molecule has 0 unspecified atom stereocenters. The molecule has 0 aromatic heterocycles. The molecule has 4 aromatic rings. The highest BCUT2D eigenvalue weighted by atomic mass is 16.3. The summed E-state index contributed by atoms with van der Waals surface area (Å²) in [6.07, 6.45) is 2.56. The van der Waals surface area contributed by atoms with Crippen LogP contribution in [-0.4, -0.2) is 22.7 Å². The normalized spacial score (nSPS) is 9.68. The number of hydrogen-bond acceptors (Lipinski definition) is 5. The molecule has 4 N–H and O–H groups in total. The van der Waals surface area contributed by atoms with Crippen molar-refractivity contribution >= 4 is 23.9 Å². The maximum absolute atomic E-state index is 10.0. The van der Waals surface area contributed by atoms with Gasteiger partial charge in [0.05, 0.1) is 5.69 Å². The van der Waals surface area contributed by atoms with E-state index in [1.807, 2.05) is 54.6 Å². The van der Waals surface area contributed by atoms with Crippen LogP contribution in [0.5, 0.6) is 11.5 Å². The number of hydrogen-bond donors (Lipinski definition) is 3. The second-order valence-electron chi connectivity index (χ2n) is 6.24. The fraction of sp³-hybridized carbons (Fsp3) is 0. The van der Waals surface area contributed by atoms with Gasteiger partial charge in [-0.15, -0.1) is 0 Å². The van der Waals surface area contributed by atoms with Crippen LogP contribution in [0.4, 0.5) is 11.4 Å². The molecule has 5 heteroatoms. The number of aldehydes is 1. The molecular weight excluding hydrogens is 388 g/mol. The summed E-state index contributed by atoms with van der Waals surface area (Å²) < 4.78 is 0. The summed E-state index contributed by atoms with van der Waals surface area (Å²) in [5.41, 5.74) is 8.02. The van der Waals surface area contributed by atoms with Crippen LogP contribution in [0.3, 0.4) is 0 Å². The largest absolute Gasteiger partial charge is 0.506 e. The van der Waals surface area contributed by atoms with Gasteiger partial charge in [0.15, 0.2) is 0 Å². The topological polar surface area (TPSA) is 95.9 Å². The van der Waals surface area contributed by atoms with E-state index in [1.54, 1.807) is 60.8 Å². The molecule has 0 aliphatic heterocycles. The van der Waals surface area contributed by atoms with E-state index in [2.05, 4.69) is 4.99 Å². The van der Waals surface area contributed by atoms with Gasteiger partial charge in [-0.3, -0.25) is 9.79 Å². The van der Waals surface area contributed by atoms with Crippen molar-refractivity contribution in [3.05, 3.63) is 120 Å². The molecule has 156 valence electrons. The molecule has 0 aliphatic rings. The van der Waals surface area contributed by atoms with E-state index in [9.17, 15) is 9.90 Å². The van der Waals surface area contributed by atoms with Gasteiger partial charge in [0.25, 0.3) is 0 Å². The Morgan fingerprint density at radius 1 is 0.613 bits per heavy atom. The fourth-order valence-corrected chi connectivity index (χ4v) is 2.28. The van der Waals surface area contributed by atoms with Crippen LogP contribution in [-0.2, 0) is 0 Å². The Hall–Kier alpha value is -4.38. The minimum absolute atomic E-state index is 0.146. The zero-order chi connectivity index (χ0) is 22.3. The summed E-state index contributed by atoms with van der Waals surface area (Å²) in [5, 5.41) is 18.3. The number of carbonyl (C=O) groups excluding carboxylic acids is 1. The molecule has 31 heavy (non-hydrogen) atoms. The summed E-state index contributed by atoms with van der Waals surface area (Å²) in [7, 11) is 0. The second kappa shape index (κ2) is 13.0. The molecule has 0 amide bonds. The Kier molecular flexibility index (Phi) is 9.57. The molecule has 0 atom stereocenters. The third-order valence-electron chi connectivity index (χ3n) is 3.91. The first-order valence-electron chi connectivity index (χ1n) is 9.51. The van der Waals surface area contributed by atoms with E-state index in [4.69, 9.17) is 10.8 Å². The quantitative estimate of drug-likeness (QED) is 0.176. The van der Waals surface area contributed by atoms with E-state index >= 15 is 0 Å². The van der Waals surface area contributed by atoms with E-state index in [1.165, 1.54) is 0 Å². The van der Waals surface area contributed by atoms with Crippen LogP contribution in [0.25, 0.3) is 0 Å². The lowest BCUT2D eigenvalue weighted by Crippen LogP contribution is -1.82. The summed E-state index contributed by atoms with van der Waals surface area (Å²) in [5.74, 6) is 0.345. The van der Waals surface area contributed by atoms with Gasteiger partial charge in [-0.25, -0.2) is 0 Å². The van der Waals surface area contributed by atoms with Crippen LogP contribution >= 0.6 is 0 Å². The number of nitrogens with two attached hydrogens (primary N) is 1. The highest BCUT2D eigenvalue weighted by Gasteiger charge is 1.94. The molecule has 0 spiro atoms. The van der Waals surface area contributed by atoms with Crippen molar-refractivity contribution < 1.29 is 15.0 Å². The monoisotopic (exact) mass is 412 g/mol. The van der Waals surface area contributed by atoms with Crippen LogP contribution in [0.15, 0.2) is 114 Å². The lowest BCUT2D eigenvalue weighted by molar-refractivity contribution is 0.112. The molecule has 5 nitrogen and oxygen atoms in total. The maximum atomic E-state index is 10.0. The first-order valence-corrected chi connectivity index (χ1v) is 9.51. The Morgan fingerprint density at radius 3 is 1.55 bits per heavy atom. The maximum Gasteiger partial charge on any atom is 0.150 e. The third-order valence-corrected chi connectivity index (χ3v) is 3.91. The van der Waals surface area contributed by atoms with E-state index in [0.717, 1.165) is 17.4 Å². The number of aliphatic imine (C=N–C) groups is 1.